The summed E-state index contributed by atoms with van der Waals surface area (Å²) in [5, 5.41) is 18.8. The number of ether oxygens (including phenoxy) is 2. The summed E-state index contributed by atoms with van der Waals surface area (Å²) in [6.45, 7) is 7.13. The molecule has 2 heterocycles. The third kappa shape index (κ3) is 5.42. The number of carboxylic acid groups (broad SMARTS) is 1. The fraction of sp³-hybridized carbons (Fsp3) is 0.650. The van der Waals surface area contributed by atoms with E-state index in [9.17, 15) is 9.90 Å². The number of aliphatic carboxylic acids is 1. The lowest BCUT2D eigenvalue weighted by molar-refractivity contribution is -0.138. The lowest BCUT2D eigenvalue weighted by atomic mass is 10.1. The molecular formula is C20H30N2O5. The van der Waals surface area contributed by atoms with Crippen molar-refractivity contribution in [1.29, 1.82) is 0 Å². The van der Waals surface area contributed by atoms with E-state index in [-0.39, 0.29) is 19.2 Å². The number of aliphatic hydroxyl groups excluding tert-OH is 1. The molecule has 0 radical (unpaired) electrons. The summed E-state index contributed by atoms with van der Waals surface area (Å²) >= 11 is 0. The molecule has 2 aliphatic rings. The van der Waals surface area contributed by atoms with Crippen molar-refractivity contribution in [1.82, 2.24) is 9.80 Å². The number of hydrogen-bond donors (Lipinski definition) is 2. The van der Waals surface area contributed by atoms with Crippen LogP contribution in [-0.4, -0.2) is 78.0 Å². The van der Waals surface area contributed by atoms with Crippen molar-refractivity contribution in [3.8, 4) is 5.75 Å². The zero-order valence-electron chi connectivity index (χ0n) is 16.0. The Kier molecular flexibility index (Phi) is 7.07. The predicted octanol–water partition coefficient (Wildman–Crippen LogP) is 1.18. The van der Waals surface area contributed by atoms with Gasteiger partial charge in [0, 0.05) is 43.7 Å². The van der Waals surface area contributed by atoms with Crippen molar-refractivity contribution in [3.63, 3.8) is 0 Å². The molecule has 3 rings (SSSR count). The molecule has 2 fully saturated rings. The van der Waals surface area contributed by atoms with Gasteiger partial charge in [-0.1, -0.05) is 13.0 Å². The van der Waals surface area contributed by atoms with Gasteiger partial charge in [0.25, 0.3) is 0 Å². The number of carbonyl (C=O) groups is 1. The van der Waals surface area contributed by atoms with Crippen LogP contribution in [0.5, 0.6) is 5.75 Å². The zero-order chi connectivity index (χ0) is 19.2. The second kappa shape index (κ2) is 9.50. The molecule has 0 spiro atoms. The van der Waals surface area contributed by atoms with Crippen molar-refractivity contribution in [3.05, 3.63) is 29.3 Å². The maximum Gasteiger partial charge on any atom is 0.317 e. The van der Waals surface area contributed by atoms with Crippen LogP contribution in [0.2, 0.25) is 0 Å². The van der Waals surface area contributed by atoms with Crippen LogP contribution in [0.4, 0.5) is 0 Å². The van der Waals surface area contributed by atoms with Gasteiger partial charge < -0.3 is 19.7 Å². The molecule has 0 saturated carbocycles. The maximum absolute atomic E-state index is 11.1. The highest BCUT2D eigenvalue weighted by Crippen LogP contribution is 2.25. The average Bonchev–Trinajstić information content (AvgIpc) is 2.89. The van der Waals surface area contributed by atoms with Gasteiger partial charge in [-0.3, -0.25) is 14.6 Å². The van der Waals surface area contributed by atoms with Crippen molar-refractivity contribution >= 4 is 5.97 Å². The molecule has 2 aliphatic heterocycles. The van der Waals surface area contributed by atoms with Crippen LogP contribution < -0.4 is 4.74 Å². The van der Waals surface area contributed by atoms with Crippen LogP contribution in [0, 0.1) is 5.92 Å². The minimum Gasteiger partial charge on any atom is -0.493 e. The van der Waals surface area contributed by atoms with Crippen LogP contribution in [0.1, 0.15) is 24.5 Å². The summed E-state index contributed by atoms with van der Waals surface area (Å²) < 4.78 is 11.5. The maximum atomic E-state index is 11.1. The molecule has 7 nitrogen and oxygen atoms in total. The van der Waals surface area contributed by atoms with Crippen molar-refractivity contribution in [2.75, 3.05) is 46.0 Å². The number of fused-ring (bicyclic) bond motifs is 3. The largest absolute Gasteiger partial charge is 0.493 e. The van der Waals surface area contributed by atoms with E-state index in [1.807, 2.05) is 17.0 Å². The molecule has 2 bridgehead atoms. The molecule has 0 aromatic heterocycles. The number of aliphatic hydroxyl groups is 1. The van der Waals surface area contributed by atoms with E-state index in [4.69, 9.17) is 14.6 Å². The standard InChI is InChI=1S/C20H30N2O5/c1-2-5-27-19-4-3-15(6-17(19)12-23)8-22-9-16-7-21(11-20(24)25)10-18(22)14-26-13-16/h3-4,6,16,18,23H,2,5,7-14H2,1H3,(H,24,25)/t16-,18-/m0/s1. The lowest BCUT2D eigenvalue weighted by Gasteiger charge is -2.30. The molecule has 2 N–H and O–H groups in total. The summed E-state index contributed by atoms with van der Waals surface area (Å²) in [6, 6.07) is 6.17. The highest BCUT2D eigenvalue weighted by molar-refractivity contribution is 5.69. The zero-order valence-corrected chi connectivity index (χ0v) is 16.0. The first-order valence-corrected chi connectivity index (χ1v) is 9.70. The van der Waals surface area contributed by atoms with Gasteiger partial charge in [0.05, 0.1) is 33.0 Å². The number of rotatable bonds is 8. The van der Waals surface area contributed by atoms with E-state index >= 15 is 0 Å². The van der Waals surface area contributed by atoms with Gasteiger partial charge >= 0.3 is 5.97 Å². The minimum atomic E-state index is -0.780. The average molecular weight is 378 g/mol. The van der Waals surface area contributed by atoms with Crippen LogP contribution in [0.3, 0.4) is 0 Å². The molecule has 0 unspecified atom stereocenters. The van der Waals surface area contributed by atoms with Gasteiger partial charge in [-0.15, -0.1) is 0 Å². The number of carboxylic acids is 1. The molecule has 7 heteroatoms. The first-order chi connectivity index (χ1) is 13.1. The minimum absolute atomic E-state index is 0.0472. The fourth-order valence-corrected chi connectivity index (χ4v) is 3.98. The Morgan fingerprint density at radius 1 is 1.30 bits per heavy atom. The third-order valence-corrected chi connectivity index (χ3v) is 5.16. The summed E-state index contributed by atoms with van der Waals surface area (Å²) in [7, 11) is 0. The molecule has 150 valence electrons. The van der Waals surface area contributed by atoms with E-state index in [0.717, 1.165) is 42.9 Å². The Labute approximate surface area is 160 Å². The molecule has 0 aliphatic carbocycles. The molecule has 1 aromatic carbocycles. The summed E-state index contributed by atoms with van der Waals surface area (Å²) in [5.41, 5.74) is 1.93. The van der Waals surface area contributed by atoms with Gasteiger partial charge in [-0.25, -0.2) is 0 Å². The highest BCUT2D eigenvalue weighted by atomic mass is 16.5. The lowest BCUT2D eigenvalue weighted by Crippen LogP contribution is -2.44. The van der Waals surface area contributed by atoms with Crippen LogP contribution >= 0.6 is 0 Å². The van der Waals surface area contributed by atoms with E-state index in [1.165, 1.54) is 0 Å². The van der Waals surface area contributed by atoms with Gasteiger partial charge in [-0.2, -0.15) is 0 Å². The number of nitrogens with zero attached hydrogens (tertiary/aromatic N) is 2. The van der Waals surface area contributed by atoms with Gasteiger partial charge in [-0.05, 0) is 24.1 Å². The first kappa shape index (κ1) is 20.1. The van der Waals surface area contributed by atoms with E-state index < -0.39 is 5.97 Å². The van der Waals surface area contributed by atoms with E-state index in [1.54, 1.807) is 0 Å². The summed E-state index contributed by atoms with van der Waals surface area (Å²) in [4.78, 5) is 15.5. The van der Waals surface area contributed by atoms with E-state index in [0.29, 0.717) is 32.3 Å². The fourth-order valence-electron chi connectivity index (χ4n) is 3.98. The summed E-state index contributed by atoms with van der Waals surface area (Å²) in [6.07, 6.45) is 0.927. The van der Waals surface area contributed by atoms with Crippen molar-refractivity contribution in [2.45, 2.75) is 32.5 Å². The Morgan fingerprint density at radius 2 is 2.15 bits per heavy atom. The second-order valence-electron chi connectivity index (χ2n) is 7.52. The second-order valence-corrected chi connectivity index (χ2v) is 7.52. The van der Waals surface area contributed by atoms with Gasteiger partial charge in [0.15, 0.2) is 0 Å². The smallest absolute Gasteiger partial charge is 0.317 e. The monoisotopic (exact) mass is 378 g/mol. The first-order valence-electron chi connectivity index (χ1n) is 9.70. The summed E-state index contributed by atoms with van der Waals surface area (Å²) in [5.74, 6) is 0.271. The molecular weight excluding hydrogens is 348 g/mol. The van der Waals surface area contributed by atoms with Crippen LogP contribution in [-0.2, 0) is 22.7 Å². The molecule has 2 atom stereocenters. The van der Waals surface area contributed by atoms with Crippen LogP contribution in [0.25, 0.3) is 0 Å². The Hall–Kier alpha value is -1.67. The highest BCUT2D eigenvalue weighted by Gasteiger charge is 2.33. The van der Waals surface area contributed by atoms with Crippen molar-refractivity contribution in [2.24, 2.45) is 5.92 Å². The number of hydrogen-bond acceptors (Lipinski definition) is 6. The Balaban J connectivity index is 1.71. The third-order valence-electron chi connectivity index (χ3n) is 5.16. The SMILES string of the molecule is CCCOc1ccc(CN2C[C@H]3COC[C@@H]2CN(CC(=O)O)C3)cc1CO. The molecule has 0 amide bonds. The van der Waals surface area contributed by atoms with Crippen molar-refractivity contribution < 1.29 is 24.5 Å². The molecule has 1 aromatic rings. The quantitative estimate of drug-likeness (QED) is 0.703. The van der Waals surface area contributed by atoms with Crippen LogP contribution in [0.15, 0.2) is 18.2 Å². The Bertz CT molecular complexity index is 639. The predicted molar refractivity (Wildman–Crippen MR) is 101 cm³/mol. The Morgan fingerprint density at radius 3 is 2.89 bits per heavy atom. The molecule has 2 saturated heterocycles. The van der Waals surface area contributed by atoms with Gasteiger partial charge in [0.2, 0.25) is 0 Å². The normalized spacial score (nSPS) is 23.8. The van der Waals surface area contributed by atoms with E-state index in [2.05, 4.69) is 17.9 Å². The topological polar surface area (TPSA) is 82.5 Å². The van der Waals surface area contributed by atoms with Gasteiger partial charge in [0.1, 0.15) is 5.75 Å². The molecule has 27 heavy (non-hydrogen) atoms. The number of benzene rings is 1.